The third-order valence-corrected chi connectivity index (χ3v) is 2.57. The van der Waals surface area contributed by atoms with Gasteiger partial charge in [0.15, 0.2) is 0 Å². The molecule has 0 aliphatic carbocycles. The smallest absolute Gasteiger partial charge is 0.410 e. The van der Waals surface area contributed by atoms with Crippen molar-refractivity contribution in [1.82, 2.24) is 5.32 Å². The van der Waals surface area contributed by atoms with E-state index in [1.54, 1.807) is 17.4 Å². The first-order chi connectivity index (χ1) is 9.32. The summed E-state index contributed by atoms with van der Waals surface area (Å²) in [6.45, 7) is 1.28. The highest BCUT2D eigenvalue weighted by atomic mass is 19.4. The van der Waals surface area contributed by atoms with Crippen LogP contribution in [0.4, 0.5) is 18.0 Å². The summed E-state index contributed by atoms with van der Waals surface area (Å²) in [7, 11) is 0. The summed E-state index contributed by atoms with van der Waals surface area (Å²) in [5.74, 6) is -3.03. The van der Waals surface area contributed by atoms with E-state index in [2.05, 4.69) is 9.47 Å². The zero-order valence-corrected chi connectivity index (χ0v) is 10.5. The van der Waals surface area contributed by atoms with Crippen molar-refractivity contribution in [2.45, 2.75) is 19.0 Å². The van der Waals surface area contributed by atoms with E-state index in [9.17, 15) is 18.0 Å². The molecule has 1 aliphatic heterocycles. The van der Waals surface area contributed by atoms with Crippen LogP contribution in [0.5, 0.6) is 5.75 Å². The molecule has 110 valence electrons. The second-order valence-corrected chi connectivity index (χ2v) is 4.14. The molecule has 0 bridgehead atoms. The summed E-state index contributed by atoms with van der Waals surface area (Å²) in [5.41, 5.74) is 0.923. The maximum absolute atomic E-state index is 12.8. The van der Waals surface area contributed by atoms with E-state index in [0.29, 0.717) is 0 Å². The molecule has 1 aromatic rings. The maximum Gasteiger partial charge on any atom is 0.465 e. The fourth-order valence-electron chi connectivity index (χ4n) is 1.59. The molecule has 1 aromatic carbocycles. The van der Waals surface area contributed by atoms with Gasteiger partial charge in [-0.3, -0.25) is 5.32 Å². The molecular formula is C12H12F3NO4. The third kappa shape index (κ3) is 3.02. The van der Waals surface area contributed by atoms with E-state index >= 15 is 0 Å². The van der Waals surface area contributed by atoms with Gasteiger partial charge < -0.3 is 14.2 Å². The molecule has 5 nitrogen and oxygen atoms in total. The van der Waals surface area contributed by atoms with Gasteiger partial charge in [0.25, 0.3) is 0 Å². The number of carbonyl (C=O) groups excluding carboxylic acids is 1. The number of alkyl halides is 3. The predicted molar refractivity (Wildman–Crippen MR) is 61.0 cm³/mol. The average molecular weight is 291 g/mol. The summed E-state index contributed by atoms with van der Waals surface area (Å²) >= 11 is 0. The number of hydrogen-bond donors (Lipinski definition) is 1. The lowest BCUT2D eigenvalue weighted by atomic mass is 10.2. The lowest BCUT2D eigenvalue weighted by molar-refractivity contribution is -0.352. The van der Waals surface area contributed by atoms with E-state index in [0.717, 1.165) is 5.56 Å². The normalized spacial score (nSPS) is 17.8. The first-order valence-electron chi connectivity index (χ1n) is 5.74. The molecule has 0 atom stereocenters. The SMILES string of the molecule is Cc1ccc(OC(=O)NC2(C(F)(F)F)OCCO2)cc1. The van der Waals surface area contributed by atoms with Crippen molar-refractivity contribution in [3.8, 4) is 5.75 Å². The Bertz CT molecular complexity index is 480. The topological polar surface area (TPSA) is 56.8 Å². The van der Waals surface area contributed by atoms with Crippen molar-refractivity contribution in [2.24, 2.45) is 0 Å². The van der Waals surface area contributed by atoms with Gasteiger partial charge in [0.2, 0.25) is 0 Å². The molecule has 0 saturated carbocycles. The van der Waals surface area contributed by atoms with Gasteiger partial charge in [-0.05, 0) is 19.1 Å². The minimum Gasteiger partial charge on any atom is -0.410 e. The van der Waals surface area contributed by atoms with E-state index in [1.165, 1.54) is 12.1 Å². The van der Waals surface area contributed by atoms with Crippen LogP contribution in [-0.4, -0.2) is 31.4 Å². The molecular weight excluding hydrogens is 279 g/mol. The van der Waals surface area contributed by atoms with Gasteiger partial charge in [0, 0.05) is 0 Å². The van der Waals surface area contributed by atoms with Gasteiger partial charge in [-0.1, -0.05) is 17.7 Å². The maximum atomic E-state index is 12.8. The molecule has 20 heavy (non-hydrogen) atoms. The number of benzene rings is 1. The number of carbonyl (C=O) groups is 1. The number of halogens is 3. The summed E-state index contributed by atoms with van der Waals surface area (Å²) in [4.78, 5) is 11.5. The van der Waals surface area contributed by atoms with Gasteiger partial charge in [0.05, 0.1) is 13.2 Å². The highest BCUT2D eigenvalue weighted by molar-refractivity contribution is 5.71. The Morgan fingerprint density at radius 3 is 2.30 bits per heavy atom. The molecule has 8 heteroatoms. The van der Waals surface area contributed by atoms with Crippen LogP contribution in [-0.2, 0) is 9.47 Å². The highest BCUT2D eigenvalue weighted by Gasteiger charge is 2.62. The largest absolute Gasteiger partial charge is 0.465 e. The van der Waals surface area contributed by atoms with Crippen molar-refractivity contribution < 1.29 is 32.2 Å². The minimum atomic E-state index is -4.91. The van der Waals surface area contributed by atoms with Crippen LogP contribution in [0.1, 0.15) is 5.56 Å². The van der Waals surface area contributed by atoms with Crippen molar-refractivity contribution in [2.75, 3.05) is 13.2 Å². The molecule has 2 rings (SSSR count). The van der Waals surface area contributed by atoms with E-state index < -0.39 is 18.2 Å². The molecule has 1 heterocycles. The summed E-state index contributed by atoms with van der Waals surface area (Å²) < 4.78 is 52.2. The molecule has 1 fully saturated rings. The molecule has 0 unspecified atom stereocenters. The summed E-state index contributed by atoms with van der Waals surface area (Å²) in [6.07, 6.45) is -6.22. The first-order valence-corrected chi connectivity index (χ1v) is 5.74. The average Bonchev–Trinajstić information content (AvgIpc) is 2.81. The van der Waals surface area contributed by atoms with Crippen LogP contribution in [0, 0.1) is 6.92 Å². The standard InChI is InChI=1S/C12H12F3NO4/c1-8-2-4-9(5-3-8)20-10(17)16-12(11(13,14)15)18-6-7-19-12/h2-5H,6-7H2,1H3,(H,16,17). The Morgan fingerprint density at radius 2 is 1.80 bits per heavy atom. The van der Waals surface area contributed by atoms with Crippen molar-refractivity contribution in [3.05, 3.63) is 29.8 Å². The van der Waals surface area contributed by atoms with E-state index in [1.807, 2.05) is 6.92 Å². The predicted octanol–water partition coefficient (Wildman–Crippen LogP) is 2.35. The van der Waals surface area contributed by atoms with Gasteiger partial charge in [0.1, 0.15) is 5.75 Å². The Morgan fingerprint density at radius 1 is 1.25 bits per heavy atom. The monoisotopic (exact) mass is 291 g/mol. The second-order valence-electron chi connectivity index (χ2n) is 4.14. The van der Waals surface area contributed by atoms with Crippen LogP contribution >= 0.6 is 0 Å². The van der Waals surface area contributed by atoms with Crippen LogP contribution < -0.4 is 10.1 Å². The van der Waals surface area contributed by atoms with Gasteiger partial charge in [-0.2, -0.15) is 13.2 Å². The zero-order valence-electron chi connectivity index (χ0n) is 10.5. The van der Waals surface area contributed by atoms with Crippen LogP contribution in [0.2, 0.25) is 0 Å². The van der Waals surface area contributed by atoms with Gasteiger partial charge >= 0.3 is 18.2 Å². The molecule has 1 aliphatic rings. The van der Waals surface area contributed by atoms with Gasteiger partial charge in [-0.15, -0.1) is 0 Å². The lowest BCUT2D eigenvalue weighted by Crippen LogP contribution is -2.60. The Kier molecular flexibility index (Phi) is 3.87. The molecule has 1 saturated heterocycles. The van der Waals surface area contributed by atoms with Crippen LogP contribution in [0.3, 0.4) is 0 Å². The molecule has 0 radical (unpaired) electrons. The fourth-order valence-corrected chi connectivity index (χ4v) is 1.59. The number of aryl methyl sites for hydroxylation is 1. The number of ether oxygens (including phenoxy) is 3. The zero-order chi connectivity index (χ0) is 14.8. The Balaban J connectivity index is 2.04. The Labute approximate surface area is 112 Å². The number of nitrogens with one attached hydrogen (secondary N) is 1. The summed E-state index contributed by atoms with van der Waals surface area (Å²) in [5, 5.41) is 1.56. The third-order valence-electron chi connectivity index (χ3n) is 2.57. The molecule has 1 N–H and O–H groups in total. The van der Waals surface area contributed by atoms with Crippen molar-refractivity contribution in [3.63, 3.8) is 0 Å². The van der Waals surface area contributed by atoms with Crippen LogP contribution in [0.15, 0.2) is 24.3 Å². The highest BCUT2D eigenvalue weighted by Crippen LogP contribution is 2.35. The second kappa shape index (κ2) is 5.29. The lowest BCUT2D eigenvalue weighted by Gasteiger charge is -2.29. The van der Waals surface area contributed by atoms with Crippen LogP contribution in [0.25, 0.3) is 0 Å². The fraction of sp³-hybridized carbons (Fsp3) is 0.417. The van der Waals surface area contributed by atoms with Gasteiger partial charge in [-0.25, -0.2) is 4.79 Å². The molecule has 1 amide bonds. The van der Waals surface area contributed by atoms with E-state index in [4.69, 9.17) is 4.74 Å². The van der Waals surface area contributed by atoms with Crippen molar-refractivity contribution >= 4 is 6.09 Å². The minimum absolute atomic E-state index is 0.114. The number of hydrogen-bond acceptors (Lipinski definition) is 4. The number of rotatable bonds is 2. The quantitative estimate of drug-likeness (QED) is 0.908. The first kappa shape index (κ1) is 14.6. The van der Waals surface area contributed by atoms with Crippen molar-refractivity contribution in [1.29, 1.82) is 0 Å². The van der Waals surface area contributed by atoms with E-state index in [-0.39, 0.29) is 19.0 Å². The Hall–Kier alpha value is -1.80. The molecule has 0 spiro atoms. The number of amides is 1. The summed E-state index contributed by atoms with van der Waals surface area (Å²) in [6, 6.07) is 6.24. The molecule has 0 aromatic heterocycles.